The fourth-order valence-electron chi connectivity index (χ4n) is 3.08. The Balaban J connectivity index is 1.91. The molecule has 4 nitrogen and oxygen atoms in total. The smallest absolute Gasteiger partial charge is 0.313 e. The van der Waals surface area contributed by atoms with Crippen molar-refractivity contribution in [2.75, 3.05) is 13.1 Å². The van der Waals surface area contributed by atoms with Crippen LogP contribution in [0.2, 0.25) is 0 Å². The summed E-state index contributed by atoms with van der Waals surface area (Å²) in [4.78, 5) is 0. The Hall–Kier alpha value is -2.54. The number of fused-ring (bicyclic) bond motifs is 1. The van der Waals surface area contributed by atoms with E-state index in [1.54, 1.807) is 4.57 Å². The van der Waals surface area contributed by atoms with Gasteiger partial charge in [0, 0.05) is 18.8 Å². The highest BCUT2D eigenvalue weighted by Crippen LogP contribution is 2.30. The number of rotatable bonds is 2. The maximum atomic E-state index is 12.8. The topological polar surface area (TPSA) is 45.7 Å². The van der Waals surface area contributed by atoms with E-state index in [4.69, 9.17) is 5.41 Å². The molecule has 1 saturated heterocycles. The summed E-state index contributed by atoms with van der Waals surface area (Å²) < 4.78 is 41.9. The van der Waals surface area contributed by atoms with Gasteiger partial charge in [0.2, 0.25) is 5.62 Å². The Labute approximate surface area is 135 Å². The summed E-state index contributed by atoms with van der Waals surface area (Å²) >= 11 is 0. The third kappa shape index (κ3) is 2.24. The quantitative estimate of drug-likeness (QED) is 0.744. The minimum absolute atomic E-state index is 0.193. The second-order valence-electron chi connectivity index (χ2n) is 5.87. The van der Waals surface area contributed by atoms with Crippen LogP contribution >= 0.6 is 0 Å². The third-order valence-corrected chi connectivity index (χ3v) is 4.40. The van der Waals surface area contributed by atoms with Crippen LogP contribution in [0.25, 0.3) is 16.7 Å². The minimum Gasteiger partial charge on any atom is -0.313 e. The normalized spacial score (nSPS) is 15.6. The summed E-state index contributed by atoms with van der Waals surface area (Å²) in [5, 5.41) is 11.7. The molecule has 0 atom stereocenters. The van der Waals surface area contributed by atoms with Gasteiger partial charge in [-0.2, -0.15) is 13.2 Å². The highest BCUT2D eigenvalue weighted by Gasteiger charge is 2.30. The molecule has 0 aliphatic carbocycles. The molecule has 0 radical (unpaired) electrons. The lowest BCUT2D eigenvalue weighted by atomic mass is 10.1. The van der Waals surface area contributed by atoms with E-state index in [9.17, 15) is 13.2 Å². The Kier molecular flexibility index (Phi) is 3.28. The fourth-order valence-corrected chi connectivity index (χ4v) is 3.08. The molecule has 1 aliphatic rings. The van der Waals surface area contributed by atoms with Gasteiger partial charge in [-0.25, -0.2) is 0 Å². The fraction of sp³-hybridized carbons (Fsp3) is 0.235. The van der Waals surface area contributed by atoms with Crippen molar-refractivity contribution >= 4 is 11.0 Å². The zero-order valence-corrected chi connectivity index (χ0v) is 12.6. The molecule has 4 rings (SSSR count). The van der Waals surface area contributed by atoms with Crippen molar-refractivity contribution in [3.63, 3.8) is 0 Å². The number of para-hydroxylation sites is 2. The molecule has 124 valence electrons. The Morgan fingerprint density at radius 2 is 1.58 bits per heavy atom. The predicted molar refractivity (Wildman–Crippen MR) is 84.0 cm³/mol. The lowest BCUT2D eigenvalue weighted by Crippen LogP contribution is -2.46. The second kappa shape index (κ2) is 5.24. The van der Waals surface area contributed by atoms with Crippen LogP contribution in [0.4, 0.5) is 13.2 Å². The van der Waals surface area contributed by atoms with Crippen LogP contribution < -0.4 is 10.9 Å². The molecule has 24 heavy (non-hydrogen) atoms. The summed E-state index contributed by atoms with van der Waals surface area (Å²) in [7, 11) is 0. The van der Waals surface area contributed by atoms with Crippen molar-refractivity contribution < 1.29 is 13.2 Å². The Morgan fingerprint density at radius 3 is 2.12 bits per heavy atom. The monoisotopic (exact) mass is 332 g/mol. The van der Waals surface area contributed by atoms with Crippen LogP contribution in [-0.2, 0) is 6.18 Å². The number of alkyl halides is 3. The van der Waals surface area contributed by atoms with Gasteiger partial charge in [-0.3, -0.25) is 9.98 Å². The first-order valence-electron chi connectivity index (χ1n) is 7.62. The summed E-state index contributed by atoms with van der Waals surface area (Å²) in [6.45, 7) is 1.58. The summed E-state index contributed by atoms with van der Waals surface area (Å²) in [6, 6.07) is 12.7. The average Bonchev–Trinajstić information content (AvgIpc) is 2.78. The molecule has 1 aromatic heterocycles. The summed E-state index contributed by atoms with van der Waals surface area (Å²) in [5.41, 5.74) is 1.85. The number of hydrogen-bond acceptors (Lipinski definition) is 2. The number of halogens is 3. The van der Waals surface area contributed by atoms with Gasteiger partial charge in [0.15, 0.2) is 0 Å². The van der Waals surface area contributed by atoms with Gasteiger partial charge in [0.25, 0.3) is 0 Å². The third-order valence-electron chi connectivity index (χ3n) is 4.40. The van der Waals surface area contributed by atoms with Crippen LogP contribution in [-0.4, -0.2) is 22.2 Å². The molecule has 0 saturated carbocycles. The SMILES string of the molecule is N=c1n(-c2ccc(C(F)(F)F)cc2)c2ccccc2n1C1CNC1. The van der Waals surface area contributed by atoms with E-state index in [2.05, 4.69) is 5.32 Å². The molecule has 0 unspecified atom stereocenters. The van der Waals surface area contributed by atoms with Crippen LogP contribution in [0.15, 0.2) is 48.5 Å². The van der Waals surface area contributed by atoms with E-state index < -0.39 is 11.7 Å². The first-order valence-corrected chi connectivity index (χ1v) is 7.62. The van der Waals surface area contributed by atoms with Crippen molar-refractivity contribution in [2.45, 2.75) is 12.2 Å². The van der Waals surface area contributed by atoms with Crippen molar-refractivity contribution in [1.82, 2.24) is 14.5 Å². The van der Waals surface area contributed by atoms with E-state index in [1.807, 2.05) is 28.8 Å². The van der Waals surface area contributed by atoms with E-state index in [-0.39, 0.29) is 11.7 Å². The van der Waals surface area contributed by atoms with Gasteiger partial charge in [0.05, 0.1) is 22.6 Å². The lowest BCUT2D eigenvalue weighted by Gasteiger charge is -2.28. The van der Waals surface area contributed by atoms with E-state index in [0.717, 1.165) is 36.3 Å². The van der Waals surface area contributed by atoms with Crippen molar-refractivity contribution in [1.29, 1.82) is 5.41 Å². The minimum atomic E-state index is -4.36. The Bertz CT molecular complexity index is 947. The molecule has 2 heterocycles. The van der Waals surface area contributed by atoms with Gasteiger partial charge in [-0.15, -0.1) is 0 Å². The Morgan fingerprint density at radius 1 is 0.958 bits per heavy atom. The average molecular weight is 332 g/mol. The van der Waals surface area contributed by atoms with Crippen molar-refractivity contribution in [2.24, 2.45) is 0 Å². The van der Waals surface area contributed by atoms with E-state index in [1.165, 1.54) is 12.1 Å². The highest BCUT2D eigenvalue weighted by molar-refractivity contribution is 5.78. The first-order chi connectivity index (χ1) is 11.5. The largest absolute Gasteiger partial charge is 0.416 e. The maximum Gasteiger partial charge on any atom is 0.416 e. The molecule has 0 spiro atoms. The van der Waals surface area contributed by atoms with E-state index in [0.29, 0.717) is 5.69 Å². The number of benzene rings is 2. The highest BCUT2D eigenvalue weighted by atomic mass is 19.4. The van der Waals surface area contributed by atoms with Crippen molar-refractivity contribution in [3.05, 3.63) is 59.7 Å². The molecule has 0 amide bonds. The first kappa shape index (κ1) is 15.0. The summed E-state index contributed by atoms with van der Waals surface area (Å²) in [5.74, 6) is 0. The number of imidazole rings is 1. The standard InChI is InChI=1S/C17H15F3N4/c18-17(19,20)11-5-7-12(8-6-11)23-14-3-1-2-4-15(14)24(16(23)21)13-9-22-10-13/h1-8,13,21-22H,9-10H2. The number of hydrogen-bond donors (Lipinski definition) is 2. The molecule has 7 heteroatoms. The molecule has 3 aromatic rings. The van der Waals surface area contributed by atoms with E-state index >= 15 is 0 Å². The zero-order chi connectivity index (χ0) is 16.9. The maximum absolute atomic E-state index is 12.8. The second-order valence-corrected chi connectivity index (χ2v) is 5.87. The molecule has 1 aliphatic heterocycles. The molecule has 2 N–H and O–H groups in total. The number of nitrogens with zero attached hydrogens (tertiary/aromatic N) is 2. The predicted octanol–water partition coefficient (Wildman–Crippen LogP) is 3.07. The summed E-state index contributed by atoms with van der Waals surface area (Å²) in [6.07, 6.45) is -4.36. The molecule has 0 bridgehead atoms. The van der Waals surface area contributed by atoms with Crippen LogP contribution in [0.3, 0.4) is 0 Å². The van der Waals surface area contributed by atoms with Crippen LogP contribution in [0, 0.1) is 5.41 Å². The zero-order valence-electron chi connectivity index (χ0n) is 12.6. The van der Waals surface area contributed by atoms with Gasteiger partial charge >= 0.3 is 6.18 Å². The van der Waals surface area contributed by atoms with Gasteiger partial charge < -0.3 is 9.88 Å². The number of aromatic nitrogens is 2. The van der Waals surface area contributed by atoms with Crippen LogP contribution in [0.1, 0.15) is 11.6 Å². The molecular formula is C17H15F3N4. The van der Waals surface area contributed by atoms with Gasteiger partial charge in [-0.1, -0.05) is 12.1 Å². The molecule has 1 fully saturated rings. The lowest BCUT2D eigenvalue weighted by molar-refractivity contribution is -0.137. The van der Waals surface area contributed by atoms with Gasteiger partial charge in [-0.05, 0) is 36.4 Å². The molecular weight excluding hydrogens is 317 g/mol. The molecule has 2 aromatic carbocycles. The van der Waals surface area contributed by atoms with Gasteiger partial charge in [0.1, 0.15) is 0 Å². The number of nitrogens with one attached hydrogen (secondary N) is 2. The van der Waals surface area contributed by atoms with Crippen molar-refractivity contribution in [3.8, 4) is 5.69 Å². The van der Waals surface area contributed by atoms with Crippen LogP contribution in [0.5, 0.6) is 0 Å².